The Kier molecular flexibility index (Phi) is 5.61. The number of nitrogens with one attached hydrogen (secondary N) is 1. The molecule has 0 aromatic heterocycles. The highest BCUT2D eigenvalue weighted by Gasteiger charge is 2.18. The molecule has 2 aromatic rings. The SMILES string of the molecule is O=C(Cc1ccccc1Nc1c(Cl)cccc1Cl)ON1CCCC1. The first-order valence-electron chi connectivity index (χ1n) is 7.88. The van der Waals surface area contributed by atoms with Crippen LogP contribution in [-0.2, 0) is 16.1 Å². The molecule has 0 atom stereocenters. The molecule has 0 spiro atoms. The van der Waals surface area contributed by atoms with Crippen molar-refractivity contribution in [2.45, 2.75) is 19.3 Å². The molecule has 1 N–H and O–H groups in total. The van der Waals surface area contributed by atoms with Crippen molar-refractivity contribution in [2.24, 2.45) is 0 Å². The Labute approximate surface area is 151 Å². The normalized spacial score (nSPS) is 14.6. The molecule has 2 aromatic carbocycles. The second-order valence-electron chi connectivity index (χ2n) is 5.66. The second kappa shape index (κ2) is 7.88. The smallest absolute Gasteiger partial charge is 0.329 e. The summed E-state index contributed by atoms with van der Waals surface area (Å²) in [6.07, 6.45) is 2.31. The number of anilines is 2. The zero-order valence-corrected chi connectivity index (χ0v) is 14.6. The molecule has 1 aliphatic rings. The number of benzene rings is 2. The molecule has 126 valence electrons. The summed E-state index contributed by atoms with van der Waals surface area (Å²) in [5.74, 6) is -0.267. The molecule has 3 rings (SSSR count). The Morgan fingerprint density at radius 3 is 2.42 bits per heavy atom. The van der Waals surface area contributed by atoms with Crippen molar-refractivity contribution in [3.8, 4) is 0 Å². The number of hydrogen-bond acceptors (Lipinski definition) is 4. The van der Waals surface area contributed by atoms with Gasteiger partial charge >= 0.3 is 5.97 Å². The number of carbonyl (C=O) groups excluding carboxylic acids is 1. The largest absolute Gasteiger partial charge is 0.368 e. The summed E-state index contributed by atoms with van der Waals surface area (Å²) in [7, 11) is 0. The third-order valence-corrected chi connectivity index (χ3v) is 4.50. The summed E-state index contributed by atoms with van der Waals surface area (Å²) in [4.78, 5) is 17.5. The molecule has 0 bridgehead atoms. The highest BCUT2D eigenvalue weighted by atomic mass is 35.5. The van der Waals surface area contributed by atoms with Crippen LogP contribution in [0.3, 0.4) is 0 Å². The zero-order valence-electron chi connectivity index (χ0n) is 13.1. The van der Waals surface area contributed by atoms with Crippen LogP contribution in [0.4, 0.5) is 11.4 Å². The van der Waals surface area contributed by atoms with Crippen LogP contribution < -0.4 is 5.32 Å². The van der Waals surface area contributed by atoms with Crippen LogP contribution in [0.15, 0.2) is 42.5 Å². The average molecular weight is 365 g/mol. The number of hydroxylamine groups is 2. The minimum absolute atomic E-state index is 0.182. The van der Waals surface area contributed by atoms with Crippen LogP contribution >= 0.6 is 23.2 Å². The van der Waals surface area contributed by atoms with Crippen LogP contribution in [0.2, 0.25) is 10.0 Å². The van der Waals surface area contributed by atoms with Gasteiger partial charge in [0.1, 0.15) is 0 Å². The van der Waals surface area contributed by atoms with E-state index in [9.17, 15) is 4.79 Å². The molecule has 1 saturated heterocycles. The lowest BCUT2D eigenvalue weighted by Gasteiger charge is -2.16. The fourth-order valence-corrected chi connectivity index (χ4v) is 3.15. The lowest BCUT2D eigenvalue weighted by molar-refractivity contribution is -0.184. The fraction of sp³-hybridized carbons (Fsp3) is 0.278. The van der Waals surface area contributed by atoms with Gasteiger partial charge in [0.05, 0.1) is 22.2 Å². The quantitative estimate of drug-likeness (QED) is 0.824. The number of nitrogens with zero attached hydrogens (tertiary/aromatic N) is 1. The minimum Gasteiger partial charge on any atom is -0.368 e. The van der Waals surface area contributed by atoms with Gasteiger partial charge in [-0.25, -0.2) is 4.79 Å². The van der Waals surface area contributed by atoms with Crippen LogP contribution in [0.5, 0.6) is 0 Å². The fourth-order valence-electron chi connectivity index (χ4n) is 2.66. The molecule has 4 nitrogen and oxygen atoms in total. The first-order chi connectivity index (χ1) is 11.6. The van der Waals surface area contributed by atoms with Crippen molar-refractivity contribution in [3.63, 3.8) is 0 Å². The number of carbonyl (C=O) groups is 1. The van der Waals surface area contributed by atoms with E-state index in [1.807, 2.05) is 24.3 Å². The van der Waals surface area contributed by atoms with E-state index in [4.69, 9.17) is 28.0 Å². The van der Waals surface area contributed by atoms with Gasteiger partial charge in [-0.3, -0.25) is 0 Å². The molecule has 1 fully saturated rings. The van der Waals surface area contributed by atoms with E-state index in [-0.39, 0.29) is 12.4 Å². The van der Waals surface area contributed by atoms with Gasteiger partial charge in [0.25, 0.3) is 0 Å². The topological polar surface area (TPSA) is 41.6 Å². The maximum Gasteiger partial charge on any atom is 0.329 e. The number of halogens is 2. The van der Waals surface area contributed by atoms with Gasteiger partial charge in [-0.15, -0.1) is 5.06 Å². The van der Waals surface area contributed by atoms with Gasteiger partial charge in [-0.2, -0.15) is 0 Å². The van der Waals surface area contributed by atoms with E-state index < -0.39 is 0 Å². The zero-order chi connectivity index (χ0) is 16.9. The molecule has 24 heavy (non-hydrogen) atoms. The Balaban J connectivity index is 1.74. The van der Waals surface area contributed by atoms with Crippen molar-refractivity contribution in [3.05, 3.63) is 58.1 Å². The predicted molar refractivity (Wildman–Crippen MR) is 96.8 cm³/mol. The molecule has 0 saturated carbocycles. The molecule has 1 aliphatic heterocycles. The summed E-state index contributed by atoms with van der Waals surface area (Å²) < 4.78 is 0. The van der Waals surface area contributed by atoms with E-state index in [0.717, 1.165) is 37.2 Å². The third kappa shape index (κ3) is 4.20. The summed E-state index contributed by atoms with van der Waals surface area (Å²) in [6, 6.07) is 12.9. The van der Waals surface area contributed by atoms with Crippen molar-refractivity contribution in [2.75, 3.05) is 18.4 Å². The molecule has 6 heteroatoms. The molecular formula is C18H18Cl2N2O2. The summed E-state index contributed by atoms with van der Waals surface area (Å²) in [5, 5.41) is 6.00. The number of rotatable bonds is 5. The monoisotopic (exact) mass is 364 g/mol. The molecule has 0 amide bonds. The first kappa shape index (κ1) is 17.1. The molecule has 0 radical (unpaired) electrons. The number of hydrogen-bond donors (Lipinski definition) is 1. The Morgan fingerprint density at radius 2 is 1.71 bits per heavy atom. The highest BCUT2D eigenvalue weighted by Crippen LogP contribution is 2.33. The summed E-state index contributed by atoms with van der Waals surface area (Å²) in [5.41, 5.74) is 2.24. The highest BCUT2D eigenvalue weighted by molar-refractivity contribution is 6.39. The number of para-hydroxylation sites is 2. The summed E-state index contributed by atoms with van der Waals surface area (Å²) >= 11 is 12.4. The molecule has 1 heterocycles. The lowest BCUT2D eigenvalue weighted by atomic mass is 10.1. The average Bonchev–Trinajstić information content (AvgIpc) is 3.05. The van der Waals surface area contributed by atoms with Crippen LogP contribution in [0, 0.1) is 0 Å². The van der Waals surface area contributed by atoms with Crippen LogP contribution in [0.25, 0.3) is 0 Å². The Morgan fingerprint density at radius 1 is 1.04 bits per heavy atom. The van der Waals surface area contributed by atoms with Crippen molar-refractivity contribution >= 4 is 40.5 Å². The van der Waals surface area contributed by atoms with Crippen molar-refractivity contribution in [1.29, 1.82) is 0 Å². The van der Waals surface area contributed by atoms with Crippen molar-refractivity contribution < 1.29 is 9.63 Å². The van der Waals surface area contributed by atoms with E-state index in [1.165, 1.54) is 0 Å². The van der Waals surface area contributed by atoms with Crippen LogP contribution in [0.1, 0.15) is 18.4 Å². The molecule has 0 unspecified atom stereocenters. The summed E-state index contributed by atoms with van der Waals surface area (Å²) in [6.45, 7) is 1.61. The van der Waals surface area contributed by atoms with Gasteiger partial charge < -0.3 is 10.2 Å². The lowest BCUT2D eigenvalue weighted by Crippen LogP contribution is -2.25. The molecule has 0 aliphatic carbocycles. The Bertz CT molecular complexity index is 710. The van der Waals surface area contributed by atoms with Crippen molar-refractivity contribution in [1.82, 2.24) is 5.06 Å². The maximum atomic E-state index is 12.2. The maximum absolute atomic E-state index is 12.2. The standard InChI is InChI=1S/C18H18Cl2N2O2/c19-14-7-5-8-15(20)18(14)21-16-9-2-1-6-13(16)12-17(23)24-22-10-3-4-11-22/h1-2,5-9,21H,3-4,10-12H2. The molecular weight excluding hydrogens is 347 g/mol. The first-order valence-corrected chi connectivity index (χ1v) is 8.64. The van der Waals surface area contributed by atoms with Gasteiger partial charge in [-0.05, 0) is 36.6 Å². The van der Waals surface area contributed by atoms with Gasteiger partial charge in [0.15, 0.2) is 0 Å². The minimum atomic E-state index is -0.267. The third-order valence-electron chi connectivity index (χ3n) is 3.87. The van der Waals surface area contributed by atoms with E-state index in [1.54, 1.807) is 23.3 Å². The van der Waals surface area contributed by atoms with E-state index in [0.29, 0.717) is 15.7 Å². The Hall–Kier alpha value is -1.75. The second-order valence-corrected chi connectivity index (χ2v) is 6.47. The van der Waals surface area contributed by atoms with E-state index >= 15 is 0 Å². The predicted octanol–water partition coefficient (Wildman–Crippen LogP) is 4.83. The van der Waals surface area contributed by atoms with Gasteiger partial charge in [0.2, 0.25) is 0 Å². The van der Waals surface area contributed by atoms with Crippen LogP contribution in [-0.4, -0.2) is 24.1 Å². The van der Waals surface area contributed by atoms with E-state index in [2.05, 4.69) is 5.32 Å². The van der Waals surface area contributed by atoms with Gasteiger partial charge in [0, 0.05) is 18.8 Å². The van der Waals surface area contributed by atoms with Gasteiger partial charge in [-0.1, -0.05) is 47.5 Å².